The first-order chi connectivity index (χ1) is 10.7. The highest BCUT2D eigenvalue weighted by molar-refractivity contribution is 6.84. The van der Waals surface area contributed by atoms with Gasteiger partial charge in [0.25, 0.3) is 0 Å². The molecule has 0 heterocycles. The summed E-state index contributed by atoms with van der Waals surface area (Å²) in [7, 11) is -4.91. The van der Waals surface area contributed by atoms with Gasteiger partial charge in [0, 0.05) is 12.7 Å². The highest BCUT2D eigenvalue weighted by atomic mass is 28.5. The summed E-state index contributed by atoms with van der Waals surface area (Å²) >= 11 is 0. The average Bonchev–Trinajstić information content (AvgIpc) is 2.51. The predicted molar refractivity (Wildman–Crippen MR) is 105 cm³/mol. The zero-order valence-electron chi connectivity index (χ0n) is 16.2. The fourth-order valence-corrected chi connectivity index (χ4v) is 8.42. The SMILES string of the molecule is C=C[Si](C)(OCC(C)C)O[Si](C)(C=C)OC(CCC)CCCC. The molecule has 0 spiro atoms. The Kier molecular flexibility index (Phi) is 11.3. The quantitative estimate of drug-likeness (QED) is 0.376. The van der Waals surface area contributed by atoms with Gasteiger partial charge in [0.15, 0.2) is 0 Å². The molecule has 0 aliphatic rings. The van der Waals surface area contributed by atoms with E-state index in [1.54, 1.807) is 0 Å². The van der Waals surface area contributed by atoms with Crippen LogP contribution in [0.5, 0.6) is 0 Å². The molecule has 3 nitrogen and oxygen atoms in total. The Hall–Kier alpha value is -0.206. The molecule has 3 atom stereocenters. The van der Waals surface area contributed by atoms with Gasteiger partial charge in [-0.3, -0.25) is 0 Å². The molecule has 0 aliphatic heterocycles. The zero-order chi connectivity index (χ0) is 17.9. The first-order valence-corrected chi connectivity index (χ1v) is 13.8. The van der Waals surface area contributed by atoms with Gasteiger partial charge in [-0.25, -0.2) is 0 Å². The van der Waals surface area contributed by atoms with Gasteiger partial charge >= 0.3 is 17.1 Å². The van der Waals surface area contributed by atoms with E-state index >= 15 is 0 Å². The largest absolute Gasteiger partial charge is 0.409 e. The summed E-state index contributed by atoms with van der Waals surface area (Å²) in [6, 6.07) is 0. The number of rotatable bonds is 14. The van der Waals surface area contributed by atoms with Gasteiger partial charge in [-0.05, 0) is 31.9 Å². The molecule has 0 aliphatic carbocycles. The molecule has 0 bridgehead atoms. The highest BCUT2D eigenvalue weighted by Crippen LogP contribution is 2.24. The second kappa shape index (κ2) is 11.4. The van der Waals surface area contributed by atoms with Crippen LogP contribution >= 0.6 is 0 Å². The monoisotopic (exact) mass is 358 g/mol. The van der Waals surface area contributed by atoms with Gasteiger partial charge in [-0.2, -0.15) is 0 Å². The molecule has 0 aromatic rings. The van der Waals surface area contributed by atoms with Crippen molar-refractivity contribution in [2.24, 2.45) is 5.92 Å². The van der Waals surface area contributed by atoms with Crippen LogP contribution in [0.2, 0.25) is 13.1 Å². The highest BCUT2D eigenvalue weighted by Gasteiger charge is 2.41. The fourth-order valence-electron chi connectivity index (χ4n) is 2.33. The molecule has 0 rings (SSSR count). The molecule has 23 heavy (non-hydrogen) atoms. The van der Waals surface area contributed by atoms with Crippen LogP contribution in [0, 0.1) is 5.92 Å². The third kappa shape index (κ3) is 9.62. The summed E-state index contributed by atoms with van der Waals surface area (Å²) in [5, 5.41) is 0. The minimum Gasteiger partial charge on any atom is -0.409 e. The van der Waals surface area contributed by atoms with Crippen molar-refractivity contribution in [3.63, 3.8) is 0 Å². The summed E-state index contributed by atoms with van der Waals surface area (Å²) < 4.78 is 18.9. The molecule has 0 amide bonds. The predicted octanol–water partition coefficient (Wildman–Crippen LogP) is 5.65. The van der Waals surface area contributed by atoms with Crippen LogP contribution in [0.1, 0.15) is 59.8 Å². The van der Waals surface area contributed by atoms with Crippen molar-refractivity contribution in [2.75, 3.05) is 6.61 Å². The lowest BCUT2D eigenvalue weighted by atomic mass is 10.1. The second-order valence-electron chi connectivity index (χ2n) is 6.92. The van der Waals surface area contributed by atoms with Crippen molar-refractivity contribution in [1.29, 1.82) is 0 Å². The summed E-state index contributed by atoms with van der Waals surface area (Å²) in [6.07, 6.45) is 5.90. The van der Waals surface area contributed by atoms with Crippen molar-refractivity contribution >= 4 is 17.1 Å². The first-order valence-electron chi connectivity index (χ1n) is 9.03. The van der Waals surface area contributed by atoms with Gasteiger partial charge in [-0.15, -0.1) is 13.2 Å². The van der Waals surface area contributed by atoms with E-state index < -0.39 is 17.1 Å². The maximum atomic E-state index is 6.44. The lowest BCUT2D eigenvalue weighted by molar-refractivity contribution is 0.125. The molecule has 0 N–H and O–H groups in total. The van der Waals surface area contributed by atoms with E-state index in [1.165, 1.54) is 12.8 Å². The van der Waals surface area contributed by atoms with Crippen molar-refractivity contribution in [3.05, 3.63) is 24.6 Å². The molecule has 0 aromatic carbocycles. The van der Waals surface area contributed by atoms with Gasteiger partial charge in [0.2, 0.25) is 0 Å². The molecule has 3 unspecified atom stereocenters. The van der Waals surface area contributed by atoms with Crippen molar-refractivity contribution in [1.82, 2.24) is 0 Å². The van der Waals surface area contributed by atoms with E-state index in [0.29, 0.717) is 12.5 Å². The topological polar surface area (TPSA) is 27.7 Å². The van der Waals surface area contributed by atoms with Crippen molar-refractivity contribution in [2.45, 2.75) is 79.0 Å². The van der Waals surface area contributed by atoms with Crippen LogP contribution in [0.3, 0.4) is 0 Å². The van der Waals surface area contributed by atoms with Crippen LogP contribution in [0.15, 0.2) is 24.6 Å². The Morgan fingerprint density at radius 2 is 1.57 bits per heavy atom. The smallest absolute Gasteiger partial charge is 0.352 e. The van der Waals surface area contributed by atoms with Crippen LogP contribution in [0.4, 0.5) is 0 Å². The first kappa shape index (κ1) is 22.8. The van der Waals surface area contributed by atoms with Crippen LogP contribution in [-0.4, -0.2) is 29.8 Å². The molecule has 136 valence electrons. The van der Waals surface area contributed by atoms with Crippen LogP contribution < -0.4 is 0 Å². The van der Waals surface area contributed by atoms with Gasteiger partial charge in [-0.1, -0.05) is 58.4 Å². The Morgan fingerprint density at radius 1 is 0.957 bits per heavy atom. The molecular weight excluding hydrogens is 320 g/mol. The summed E-state index contributed by atoms with van der Waals surface area (Å²) in [4.78, 5) is 0. The van der Waals surface area contributed by atoms with Crippen LogP contribution in [-0.2, 0) is 13.0 Å². The van der Waals surface area contributed by atoms with E-state index in [0.717, 1.165) is 19.3 Å². The summed E-state index contributed by atoms with van der Waals surface area (Å²) in [5.41, 5.74) is 3.74. The van der Waals surface area contributed by atoms with Gasteiger partial charge < -0.3 is 13.0 Å². The van der Waals surface area contributed by atoms with E-state index in [9.17, 15) is 0 Å². The molecule has 5 heteroatoms. The maximum absolute atomic E-state index is 6.44. The maximum Gasteiger partial charge on any atom is 0.352 e. The molecule has 0 saturated heterocycles. The summed E-state index contributed by atoms with van der Waals surface area (Å²) in [5.74, 6) is 0.473. The minimum atomic E-state index is -2.47. The molecular formula is C18H38O3Si2. The Bertz CT molecular complexity index is 349. The second-order valence-corrected chi connectivity index (χ2v) is 13.1. The van der Waals surface area contributed by atoms with Gasteiger partial charge in [0.1, 0.15) is 0 Å². The van der Waals surface area contributed by atoms with Gasteiger partial charge in [0.05, 0.1) is 0 Å². The Balaban J connectivity index is 4.94. The number of hydrogen-bond donors (Lipinski definition) is 0. The Labute approximate surface area is 146 Å². The zero-order valence-corrected chi connectivity index (χ0v) is 18.2. The minimum absolute atomic E-state index is 0.253. The molecule has 0 saturated carbocycles. The lowest BCUT2D eigenvalue weighted by Crippen LogP contribution is -2.52. The molecule has 0 fully saturated rings. The van der Waals surface area contributed by atoms with Crippen molar-refractivity contribution in [3.8, 4) is 0 Å². The Morgan fingerprint density at radius 3 is 2.00 bits per heavy atom. The fraction of sp³-hybridized carbons (Fsp3) is 0.778. The number of hydrogen-bond acceptors (Lipinski definition) is 3. The number of unbranched alkanes of at least 4 members (excludes halogenated alkanes) is 1. The van der Waals surface area contributed by atoms with Crippen LogP contribution in [0.25, 0.3) is 0 Å². The van der Waals surface area contributed by atoms with E-state index in [-0.39, 0.29) is 6.10 Å². The van der Waals surface area contributed by atoms with Crippen molar-refractivity contribution < 1.29 is 13.0 Å². The standard InChI is InChI=1S/C18H38O3Si2/c1-9-13-15-18(14-10-2)20-23(8,12-4)21-22(7,11-3)19-16-17(5)6/h11-12,17-18H,3-4,9-10,13-16H2,1-2,5-8H3. The normalized spacial score (nSPS) is 18.2. The van der Waals surface area contributed by atoms with E-state index in [1.807, 2.05) is 17.9 Å². The molecule has 0 radical (unpaired) electrons. The third-order valence-corrected chi connectivity index (χ3v) is 10.0. The molecule has 0 aromatic heterocycles. The third-order valence-electron chi connectivity index (χ3n) is 3.74. The van der Waals surface area contributed by atoms with E-state index in [4.69, 9.17) is 13.0 Å². The van der Waals surface area contributed by atoms with E-state index in [2.05, 4.69) is 47.4 Å². The average molecular weight is 359 g/mol. The summed E-state index contributed by atoms with van der Waals surface area (Å²) in [6.45, 7) is 21.4. The lowest BCUT2D eigenvalue weighted by Gasteiger charge is -2.36.